The van der Waals surface area contributed by atoms with Gasteiger partial charge < -0.3 is 0 Å². The molecule has 18 heavy (non-hydrogen) atoms. The summed E-state index contributed by atoms with van der Waals surface area (Å²) in [5, 5.41) is 1.42. The topological polar surface area (TPSA) is 6.02 Å². The molecule has 0 spiro atoms. The van der Waals surface area contributed by atoms with Crippen LogP contribution in [0.15, 0.2) is 30.3 Å². The Labute approximate surface area is 131 Å². The number of nitrogens with zero attached hydrogens (tertiary/aromatic N) is 2. The summed E-state index contributed by atoms with van der Waals surface area (Å²) < 4.78 is 5.02. The van der Waals surface area contributed by atoms with E-state index in [0.717, 1.165) is 0 Å². The molecule has 0 N–H and O–H groups in total. The van der Waals surface area contributed by atoms with Crippen LogP contribution >= 0.6 is 34.6 Å². The van der Waals surface area contributed by atoms with Crippen LogP contribution in [0, 0.1) is 0 Å². The molecule has 105 valence electrons. The molecule has 0 unspecified atom stereocenters. The van der Waals surface area contributed by atoms with Crippen LogP contribution in [0.2, 0.25) is 0 Å². The first-order valence-corrected chi connectivity index (χ1v) is 16.7. The predicted octanol–water partition coefficient (Wildman–Crippen LogP) is 3.05. The maximum absolute atomic E-state index is 4.99. The van der Waals surface area contributed by atoms with Crippen LogP contribution in [0.4, 0.5) is 0 Å². The fourth-order valence-corrected chi connectivity index (χ4v) is 6.13. The zero-order valence-electron chi connectivity index (χ0n) is 9.45. The zero-order chi connectivity index (χ0) is 13.2. The smallest absolute Gasteiger partial charge is 0.222 e. The Morgan fingerprint density at radius 3 is 1.67 bits per heavy atom. The van der Waals surface area contributed by atoms with Crippen LogP contribution in [0.1, 0.15) is 0 Å². The Hall–Kier alpha value is 1.35. The van der Waals surface area contributed by atoms with Gasteiger partial charge >= 0.3 is 42.4 Å². The summed E-state index contributed by atoms with van der Waals surface area (Å²) in [4.78, 5) is 0. The number of benzene rings is 1. The molecule has 0 saturated carbocycles. The standard InChI is InChI=1S/C10H13N2PS.3ClH.Pt/c14-13(11-6-7-11,12-8-9-12)10-4-2-1-3-5-10;;;;/h1-5H,6-9H2;3*1H;/q;;;;+3/p-2. The minimum absolute atomic E-state index is 1.22. The summed E-state index contributed by atoms with van der Waals surface area (Å²) in [5.74, 6) is 0. The van der Waals surface area contributed by atoms with Crippen LogP contribution in [0.5, 0.6) is 0 Å². The van der Waals surface area contributed by atoms with E-state index in [0.29, 0.717) is 0 Å². The van der Waals surface area contributed by atoms with Gasteiger partial charge in [0.1, 0.15) is 0 Å². The molecule has 2 nitrogen and oxygen atoms in total. The first kappa shape index (κ1) is 15.7. The van der Waals surface area contributed by atoms with Gasteiger partial charge in [-0.25, -0.2) is 9.34 Å². The van der Waals surface area contributed by atoms with Crippen molar-refractivity contribution >= 4 is 51.7 Å². The van der Waals surface area contributed by atoms with Crippen LogP contribution in [0.3, 0.4) is 0 Å². The van der Waals surface area contributed by atoms with Gasteiger partial charge in [-0.1, -0.05) is 18.2 Å². The molecule has 0 aliphatic carbocycles. The van der Waals surface area contributed by atoms with E-state index in [1.54, 1.807) is 0 Å². The summed E-state index contributed by atoms with van der Waals surface area (Å²) in [6, 6.07) is 10.8. The third-order valence-corrected chi connectivity index (χ3v) is 8.32. The van der Waals surface area contributed by atoms with Crippen molar-refractivity contribution in [2.24, 2.45) is 0 Å². The Kier molecular flexibility index (Phi) is 6.01. The molecule has 0 aromatic heterocycles. The van der Waals surface area contributed by atoms with Crippen molar-refractivity contribution in [2.75, 3.05) is 26.2 Å². The van der Waals surface area contributed by atoms with Crippen LogP contribution in [0.25, 0.3) is 0 Å². The SMILES string of the molecule is [Cl][Pt]([Cl])[Cl].[SH+]=P(c1ccccc1)(N1CC1)N1CC1. The molecule has 0 amide bonds. The number of thiol groups is 1. The van der Waals surface area contributed by atoms with E-state index in [9.17, 15) is 0 Å². The van der Waals surface area contributed by atoms with Crippen molar-refractivity contribution < 1.29 is 14.2 Å². The summed E-state index contributed by atoms with van der Waals surface area (Å²) >= 11 is 3.13. The van der Waals surface area contributed by atoms with E-state index in [1.807, 2.05) is 0 Å². The van der Waals surface area contributed by atoms with Crippen molar-refractivity contribution in [3.63, 3.8) is 0 Å². The predicted molar refractivity (Wildman–Crippen MR) is 82.5 cm³/mol. The molecule has 8 heteroatoms. The normalized spacial score (nSPS) is 19.8. The van der Waals surface area contributed by atoms with E-state index in [-0.39, 0.29) is 0 Å². The van der Waals surface area contributed by atoms with Gasteiger partial charge in [0, 0.05) is 26.2 Å². The summed E-state index contributed by atoms with van der Waals surface area (Å²) in [6.07, 6.45) is -1.38. The number of hydrogen-bond donors (Lipinski definition) is 0. The van der Waals surface area contributed by atoms with Gasteiger partial charge in [0.05, 0.1) is 5.30 Å². The van der Waals surface area contributed by atoms with Gasteiger partial charge in [0.2, 0.25) is 0 Å². The summed E-state index contributed by atoms with van der Waals surface area (Å²) in [7, 11) is 14.9. The Morgan fingerprint density at radius 2 is 1.33 bits per heavy atom. The molecule has 3 rings (SSSR count). The molecule has 0 bridgehead atoms. The monoisotopic (exact) mass is 525 g/mol. The molecule has 2 saturated heterocycles. The average Bonchev–Trinajstić information content (AvgIpc) is 3.19. The molecular weight excluding hydrogens is 513 g/mol. The fraction of sp³-hybridized carbons (Fsp3) is 0.400. The van der Waals surface area contributed by atoms with Crippen molar-refractivity contribution in [3.8, 4) is 0 Å². The third kappa shape index (κ3) is 4.17. The second-order valence-corrected chi connectivity index (χ2v) is 18.3. The summed E-state index contributed by atoms with van der Waals surface area (Å²) in [6.45, 7) is 4.90. The fourth-order valence-electron chi connectivity index (χ4n) is 1.78. The van der Waals surface area contributed by atoms with Gasteiger partial charge in [0.15, 0.2) is 11.8 Å². The maximum Gasteiger partial charge on any atom is 0.286 e. The van der Waals surface area contributed by atoms with Crippen LogP contribution in [-0.2, 0) is 26.0 Å². The molecule has 1 aromatic rings. The van der Waals surface area contributed by atoms with Crippen molar-refractivity contribution in [2.45, 2.75) is 0 Å². The minimum Gasteiger partial charge on any atom is -0.222 e. The number of hydrogen-bond acceptors (Lipinski definition) is 0. The van der Waals surface area contributed by atoms with Crippen LogP contribution in [-0.4, -0.2) is 35.5 Å². The van der Waals surface area contributed by atoms with E-state index < -0.39 is 20.5 Å². The van der Waals surface area contributed by atoms with Gasteiger partial charge in [-0.15, -0.1) is 0 Å². The first-order valence-electron chi connectivity index (χ1n) is 5.36. The first-order chi connectivity index (χ1) is 8.55. The Balaban J connectivity index is 0.000000267. The molecule has 2 fully saturated rings. The van der Waals surface area contributed by atoms with Crippen molar-refractivity contribution in [3.05, 3.63) is 30.3 Å². The van der Waals surface area contributed by atoms with E-state index in [2.05, 4.69) is 39.7 Å². The third-order valence-electron chi connectivity index (χ3n) is 2.74. The van der Waals surface area contributed by atoms with Gasteiger partial charge in [-0.3, -0.25) is 0 Å². The Morgan fingerprint density at radius 1 is 0.944 bits per heavy atom. The van der Waals surface area contributed by atoms with Gasteiger partial charge in [-0.05, 0) is 12.1 Å². The van der Waals surface area contributed by atoms with Gasteiger partial charge in [-0.2, -0.15) is 0 Å². The minimum atomic E-state index is -1.85. The average molecular weight is 527 g/mol. The zero-order valence-corrected chi connectivity index (χ0v) is 15.8. The second kappa shape index (κ2) is 6.87. The largest absolute Gasteiger partial charge is 0.286 e. The van der Waals surface area contributed by atoms with Gasteiger partial charge in [0.25, 0.3) is 6.34 Å². The van der Waals surface area contributed by atoms with Crippen molar-refractivity contribution in [1.82, 2.24) is 9.34 Å². The summed E-state index contributed by atoms with van der Waals surface area (Å²) in [5.41, 5.74) is 0. The number of halogens is 3. The van der Waals surface area contributed by atoms with Crippen LogP contribution < -0.4 is 5.30 Å². The molecule has 1 aromatic carbocycles. The second-order valence-electron chi connectivity index (χ2n) is 3.95. The molecule has 0 atom stereocenters. The molecule has 2 heterocycles. The molecular formula is C10H14Cl3N2PPtS+. The van der Waals surface area contributed by atoms with E-state index >= 15 is 0 Å². The Bertz CT molecular complexity index is 421. The quantitative estimate of drug-likeness (QED) is 0.259. The van der Waals surface area contributed by atoms with E-state index in [1.165, 1.54) is 31.5 Å². The molecule has 2 aliphatic rings. The number of rotatable bonds is 3. The van der Waals surface area contributed by atoms with Crippen molar-refractivity contribution in [1.29, 1.82) is 0 Å². The molecule has 0 radical (unpaired) electrons. The molecule has 2 aliphatic heterocycles. The van der Waals surface area contributed by atoms with E-state index in [4.69, 9.17) is 40.1 Å². The maximum atomic E-state index is 4.99.